The van der Waals surface area contributed by atoms with Crippen LogP contribution < -0.4 is 9.04 Å². The largest absolute Gasteiger partial charge is 0.543 e. The minimum Gasteiger partial charge on any atom is -0.543 e. The second-order valence-electron chi connectivity index (χ2n) is 9.16. The SMILES string of the molecule is COc1ccc2c(c1)C(O[Si](C)(C)C(C)(C)C)=CCN2S(=O)(=O)c1ccc(C)cc1. The van der Waals surface area contributed by atoms with Crippen molar-refractivity contribution in [1.29, 1.82) is 0 Å². The number of methoxy groups -OCH3 is 1. The Morgan fingerprint density at radius 1 is 1.03 bits per heavy atom. The standard InChI is InChI=1S/C23H31NO4SSi/c1-17-8-11-19(12-9-17)29(25,26)24-15-14-22(28-30(6,7)23(2,3)4)20-16-18(27-5)10-13-21(20)24/h8-14,16H,15H2,1-7H3. The summed E-state index contributed by atoms with van der Waals surface area (Å²) in [6.45, 7) is 13.1. The van der Waals surface area contributed by atoms with Crippen LogP contribution in [-0.4, -0.2) is 30.4 Å². The lowest BCUT2D eigenvalue weighted by Crippen LogP contribution is -2.41. The van der Waals surface area contributed by atoms with Gasteiger partial charge in [-0.05, 0) is 61.5 Å². The number of benzene rings is 2. The molecule has 0 amide bonds. The van der Waals surface area contributed by atoms with Crippen molar-refractivity contribution in [3.63, 3.8) is 0 Å². The first kappa shape index (κ1) is 22.4. The molecular formula is C23H31NO4SSi. The normalized spacial score (nSPS) is 14.8. The zero-order valence-electron chi connectivity index (χ0n) is 18.8. The molecule has 7 heteroatoms. The maximum absolute atomic E-state index is 13.4. The minimum atomic E-state index is -3.70. The Morgan fingerprint density at radius 3 is 2.23 bits per heavy atom. The molecule has 1 aliphatic rings. The Morgan fingerprint density at radius 2 is 1.67 bits per heavy atom. The first-order valence-electron chi connectivity index (χ1n) is 10.0. The number of fused-ring (bicyclic) bond motifs is 1. The van der Waals surface area contributed by atoms with E-state index >= 15 is 0 Å². The van der Waals surface area contributed by atoms with E-state index in [1.54, 1.807) is 31.4 Å². The number of hydrogen-bond donors (Lipinski definition) is 0. The summed E-state index contributed by atoms with van der Waals surface area (Å²) in [5.41, 5.74) is 2.36. The number of anilines is 1. The van der Waals surface area contributed by atoms with Crippen LogP contribution in [0, 0.1) is 6.92 Å². The lowest BCUT2D eigenvalue weighted by molar-refractivity contribution is 0.413. The Balaban J connectivity index is 2.08. The van der Waals surface area contributed by atoms with Gasteiger partial charge >= 0.3 is 0 Å². The van der Waals surface area contributed by atoms with E-state index in [2.05, 4.69) is 33.9 Å². The maximum Gasteiger partial charge on any atom is 0.264 e. The number of hydrogen-bond acceptors (Lipinski definition) is 4. The van der Waals surface area contributed by atoms with Crippen LogP contribution in [0.5, 0.6) is 5.75 Å². The third-order valence-corrected chi connectivity index (χ3v) is 12.1. The monoisotopic (exact) mass is 445 g/mol. The van der Waals surface area contributed by atoms with Gasteiger partial charge in [0.1, 0.15) is 11.5 Å². The summed E-state index contributed by atoms with van der Waals surface area (Å²) < 4.78 is 40.2. The van der Waals surface area contributed by atoms with E-state index in [0.717, 1.165) is 16.9 Å². The van der Waals surface area contributed by atoms with Gasteiger partial charge in [0.2, 0.25) is 8.32 Å². The van der Waals surface area contributed by atoms with Crippen molar-refractivity contribution in [2.75, 3.05) is 18.0 Å². The van der Waals surface area contributed by atoms with Gasteiger partial charge in [0, 0.05) is 5.56 Å². The summed E-state index contributed by atoms with van der Waals surface area (Å²) >= 11 is 0. The molecule has 0 saturated heterocycles. The topological polar surface area (TPSA) is 55.8 Å². The summed E-state index contributed by atoms with van der Waals surface area (Å²) in [6.07, 6.45) is 1.87. The first-order valence-corrected chi connectivity index (χ1v) is 14.4. The van der Waals surface area contributed by atoms with E-state index in [1.165, 1.54) is 4.31 Å². The second kappa shape index (κ2) is 7.78. The van der Waals surface area contributed by atoms with Crippen LogP contribution in [0.1, 0.15) is 31.9 Å². The smallest absolute Gasteiger partial charge is 0.264 e. The van der Waals surface area contributed by atoms with E-state index in [1.807, 2.05) is 31.2 Å². The zero-order valence-corrected chi connectivity index (χ0v) is 20.6. The minimum absolute atomic E-state index is 0.0258. The van der Waals surface area contributed by atoms with Crippen molar-refractivity contribution in [1.82, 2.24) is 0 Å². The van der Waals surface area contributed by atoms with Gasteiger partial charge in [-0.1, -0.05) is 38.5 Å². The lowest BCUT2D eigenvalue weighted by Gasteiger charge is -2.39. The molecule has 0 atom stereocenters. The predicted octanol–water partition coefficient (Wildman–Crippen LogP) is 5.58. The highest BCUT2D eigenvalue weighted by molar-refractivity contribution is 7.92. The van der Waals surface area contributed by atoms with Gasteiger partial charge in [0.15, 0.2) is 0 Å². The molecule has 2 aromatic rings. The molecule has 1 heterocycles. The van der Waals surface area contributed by atoms with Crippen LogP contribution in [0.4, 0.5) is 5.69 Å². The molecule has 0 aliphatic carbocycles. The van der Waals surface area contributed by atoms with Crippen molar-refractivity contribution in [3.05, 3.63) is 59.7 Å². The van der Waals surface area contributed by atoms with E-state index in [-0.39, 0.29) is 16.5 Å². The van der Waals surface area contributed by atoms with Crippen molar-refractivity contribution in [3.8, 4) is 5.75 Å². The fourth-order valence-electron chi connectivity index (χ4n) is 3.02. The highest BCUT2D eigenvalue weighted by Crippen LogP contribution is 2.43. The van der Waals surface area contributed by atoms with Crippen LogP contribution in [-0.2, 0) is 14.4 Å². The predicted molar refractivity (Wildman–Crippen MR) is 125 cm³/mol. The van der Waals surface area contributed by atoms with Crippen LogP contribution >= 0.6 is 0 Å². The van der Waals surface area contributed by atoms with E-state index in [4.69, 9.17) is 9.16 Å². The molecule has 3 rings (SSSR count). The summed E-state index contributed by atoms with van der Waals surface area (Å²) in [7, 11) is -4.21. The molecule has 1 aliphatic heterocycles. The molecule has 5 nitrogen and oxygen atoms in total. The quantitative estimate of drug-likeness (QED) is 0.564. The number of ether oxygens (including phenoxy) is 1. The van der Waals surface area contributed by atoms with Gasteiger partial charge < -0.3 is 9.16 Å². The highest BCUT2D eigenvalue weighted by atomic mass is 32.2. The van der Waals surface area contributed by atoms with Crippen molar-refractivity contribution in [2.45, 2.75) is 50.7 Å². The van der Waals surface area contributed by atoms with E-state index < -0.39 is 18.3 Å². The zero-order chi connectivity index (χ0) is 22.3. The fourth-order valence-corrected chi connectivity index (χ4v) is 5.49. The van der Waals surface area contributed by atoms with Crippen molar-refractivity contribution >= 4 is 29.8 Å². The van der Waals surface area contributed by atoms with Gasteiger partial charge in [0.25, 0.3) is 10.0 Å². The molecule has 0 radical (unpaired) electrons. The third-order valence-electron chi connectivity index (χ3n) is 5.96. The molecule has 2 aromatic carbocycles. The highest BCUT2D eigenvalue weighted by Gasteiger charge is 2.41. The van der Waals surface area contributed by atoms with Gasteiger partial charge in [0.05, 0.1) is 24.2 Å². The van der Waals surface area contributed by atoms with Gasteiger partial charge in [-0.15, -0.1) is 0 Å². The molecule has 0 aromatic heterocycles. The van der Waals surface area contributed by atoms with Crippen molar-refractivity contribution in [2.24, 2.45) is 0 Å². The molecule has 30 heavy (non-hydrogen) atoms. The molecular weight excluding hydrogens is 414 g/mol. The maximum atomic E-state index is 13.4. The molecule has 0 unspecified atom stereocenters. The Kier molecular flexibility index (Phi) is 5.82. The fraction of sp³-hybridized carbons (Fsp3) is 0.391. The Bertz CT molecular complexity index is 1070. The molecule has 162 valence electrons. The van der Waals surface area contributed by atoms with E-state index in [0.29, 0.717) is 11.4 Å². The summed E-state index contributed by atoms with van der Waals surface area (Å²) in [6, 6.07) is 12.4. The average molecular weight is 446 g/mol. The summed E-state index contributed by atoms with van der Waals surface area (Å²) in [5, 5.41) is 0.0258. The summed E-state index contributed by atoms with van der Waals surface area (Å²) in [4.78, 5) is 0.275. The van der Waals surface area contributed by atoms with Gasteiger partial charge in [-0.2, -0.15) is 0 Å². The third kappa shape index (κ3) is 4.14. The summed E-state index contributed by atoms with van der Waals surface area (Å²) in [5.74, 6) is 1.39. The molecule has 0 spiro atoms. The molecule has 0 bridgehead atoms. The average Bonchev–Trinajstić information content (AvgIpc) is 2.67. The molecule has 0 N–H and O–H groups in total. The van der Waals surface area contributed by atoms with Gasteiger partial charge in [-0.25, -0.2) is 8.42 Å². The Hall–Kier alpha value is -2.25. The Labute approximate surface area is 181 Å². The second-order valence-corrected chi connectivity index (χ2v) is 15.8. The number of nitrogens with zero attached hydrogens (tertiary/aromatic N) is 1. The van der Waals surface area contributed by atoms with E-state index in [9.17, 15) is 8.42 Å². The lowest BCUT2D eigenvalue weighted by atomic mass is 10.1. The van der Waals surface area contributed by atoms with Crippen LogP contribution in [0.25, 0.3) is 5.76 Å². The van der Waals surface area contributed by atoms with Crippen LogP contribution in [0.15, 0.2) is 53.4 Å². The number of rotatable bonds is 5. The van der Waals surface area contributed by atoms with Gasteiger partial charge in [-0.3, -0.25) is 4.31 Å². The molecule has 0 saturated carbocycles. The van der Waals surface area contributed by atoms with Crippen LogP contribution in [0.2, 0.25) is 18.1 Å². The van der Waals surface area contributed by atoms with Crippen molar-refractivity contribution < 1.29 is 17.6 Å². The van der Waals surface area contributed by atoms with Crippen LogP contribution in [0.3, 0.4) is 0 Å². The molecule has 0 fully saturated rings. The first-order chi connectivity index (χ1) is 13.9. The number of sulfonamides is 1. The number of aryl methyl sites for hydroxylation is 1.